The summed E-state index contributed by atoms with van der Waals surface area (Å²) in [5.41, 5.74) is -0.525. The molecule has 0 amide bonds. The van der Waals surface area contributed by atoms with Gasteiger partial charge in [-0.15, -0.1) is 0 Å². The smallest absolute Gasteiger partial charge is 0.195 e. The lowest BCUT2D eigenvalue weighted by atomic mass is 10.0. The van der Waals surface area contributed by atoms with E-state index in [4.69, 9.17) is 0 Å². The fourth-order valence-electron chi connectivity index (χ4n) is 2.26. The predicted octanol–water partition coefficient (Wildman–Crippen LogP) is 1.73. The summed E-state index contributed by atoms with van der Waals surface area (Å²) in [6, 6.07) is -0.643. The van der Waals surface area contributed by atoms with Crippen LogP contribution in [0.15, 0.2) is 6.07 Å². The van der Waals surface area contributed by atoms with Gasteiger partial charge in [-0.25, -0.2) is 17.6 Å². The Hall–Kier alpha value is -1.34. The minimum Gasteiger partial charge on any atom is -0.507 e. The Morgan fingerprint density at radius 1 is 1.21 bits per heavy atom. The van der Waals surface area contributed by atoms with Crippen LogP contribution in [0.2, 0.25) is 0 Å². The van der Waals surface area contributed by atoms with Crippen molar-refractivity contribution in [1.29, 1.82) is 0 Å². The number of hydrogen-bond acceptors (Lipinski definition) is 3. The molecule has 0 radical (unpaired) electrons. The van der Waals surface area contributed by atoms with Gasteiger partial charge in [0.2, 0.25) is 0 Å². The lowest BCUT2D eigenvalue weighted by Crippen LogP contribution is -2.46. The third-order valence-corrected chi connectivity index (χ3v) is 3.25. The van der Waals surface area contributed by atoms with Crippen molar-refractivity contribution >= 4 is 0 Å². The van der Waals surface area contributed by atoms with Crippen molar-refractivity contribution in [2.75, 3.05) is 32.9 Å². The molecule has 106 valence electrons. The highest BCUT2D eigenvalue weighted by Gasteiger charge is 2.30. The predicted molar refractivity (Wildman–Crippen MR) is 61.1 cm³/mol. The van der Waals surface area contributed by atoms with Crippen LogP contribution in [0.4, 0.5) is 17.6 Å². The number of benzene rings is 1. The van der Waals surface area contributed by atoms with Crippen LogP contribution < -0.4 is 5.32 Å². The molecule has 2 N–H and O–H groups in total. The minimum atomic E-state index is -1.69. The number of rotatable bonds is 3. The summed E-state index contributed by atoms with van der Waals surface area (Å²) in [7, 11) is 0. The number of phenols is 1. The summed E-state index contributed by atoms with van der Waals surface area (Å²) in [4.78, 5) is 1.59. The fourth-order valence-corrected chi connectivity index (χ4v) is 2.26. The van der Waals surface area contributed by atoms with Crippen LogP contribution in [0.5, 0.6) is 5.75 Å². The zero-order valence-electron chi connectivity index (χ0n) is 10.1. The van der Waals surface area contributed by atoms with Crippen LogP contribution in [-0.2, 0) is 0 Å². The van der Waals surface area contributed by atoms with Crippen LogP contribution in [-0.4, -0.2) is 42.9 Å². The minimum absolute atomic E-state index is 0.437. The number of nitrogens with zero attached hydrogens (tertiary/aromatic N) is 1. The van der Waals surface area contributed by atoms with Gasteiger partial charge < -0.3 is 10.4 Å². The molecule has 1 aromatic rings. The number of phenolic OH excluding ortho intramolecular Hbond substituents is 1. The molecule has 7 heteroatoms. The monoisotopic (exact) mass is 278 g/mol. The van der Waals surface area contributed by atoms with Gasteiger partial charge in [-0.05, 0) is 0 Å². The van der Waals surface area contributed by atoms with Gasteiger partial charge in [0.15, 0.2) is 17.5 Å². The van der Waals surface area contributed by atoms with Crippen molar-refractivity contribution in [2.24, 2.45) is 0 Å². The maximum Gasteiger partial charge on any atom is 0.195 e. The number of hydrogen-bond donors (Lipinski definition) is 2. The zero-order chi connectivity index (χ0) is 14.0. The van der Waals surface area contributed by atoms with E-state index >= 15 is 0 Å². The molecule has 19 heavy (non-hydrogen) atoms. The molecule has 0 saturated carbocycles. The second-order valence-electron chi connectivity index (χ2n) is 4.38. The molecule has 0 unspecified atom stereocenters. The van der Waals surface area contributed by atoms with Crippen LogP contribution in [0, 0.1) is 17.5 Å². The summed E-state index contributed by atoms with van der Waals surface area (Å²) in [6.07, 6.45) is 0. The molecule has 1 saturated heterocycles. The molecule has 3 nitrogen and oxygen atoms in total. The molecule has 1 aliphatic heterocycles. The Bertz CT molecular complexity index is 464. The van der Waals surface area contributed by atoms with E-state index in [2.05, 4.69) is 5.32 Å². The lowest BCUT2D eigenvalue weighted by Gasteiger charge is -2.34. The Labute approximate surface area is 107 Å². The zero-order valence-corrected chi connectivity index (χ0v) is 10.1. The van der Waals surface area contributed by atoms with Crippen molar-refractivity contribution in [1.82, 2.24) is 10.2 Å². The quantitative estimate of drug-likeness (QED) is 0.653. The number of nitrogens with one attached hydrogen (secondary N) is 1. The van der Waals surface area contributed by atoms with Crippen molar-refractivity contribution in [3.63, 3.8) is 0 Å². The van der Waals surface area contributed by atoms with E-state index in [0.29, 0.717) is 32.2 Å². The highest BCUT2D eigenvalue weighted by atomic mass is 19.2. The number of aromatic hydroxyl groups is 1. The van der Waals surface area contributed by atoms with Crippen LogP contribution in [0.1, 0.15) is 11.6 Å². The third kappa shape index (κ3) is 2.66. The summed E-state index contributed by atoms with van der Waals surface area (Å²) in [5, 5.41) is 12.6. The molecule has 0 bridgehead atoms. The molecule has 1 aromatic carbocycles. The van der Waals surface area contributed by atoms with Gasteiger partial charge in [-0.3, -0.25) is 4.90 Å². The van der Waals surface area contributed by atoms with E-state index in [1.807, 2.05) is 0 Å². The van der Waals surface area contributed by atoms with E-state index in [-0.39, 0.29) is 0 Å². The lowest BCUT2D eigenvalue weighted by molar-refractivity contribution is 0.141. The molecule has 1 heterocycles. The fraction of sp³-hybridized carbons (Fsp3) is 0.500. The van der Waals surface area contributed by atoms with Gasteiger partial charge in [0.1, 0.15) is 12.4 Å². The first kappa shape index (κ1) is 14.1. The van der Waals surface area contributed by atoms with Crippen molar-refractivity contribution in [2.45, 2.75) is 6.04 Å². The SMILES string of the molecule is Oc1cc(F)c(F)c(F)c1[C@H](CF)N1CCNCC1. The third-order valence-electron chi connectivity index (χ3n) is 3.25. The summed E-state index contributed by atoms with van der Waals surface area (Å²) in [5.74, 6) is -5.48. The van der Waals surface area contributed by atoms with Gasteiger partial charge in [-0.2, -0.15) is 0 Å². The van der Waals surface area contributed by atoms with Gasteiger partial charge in [0.05, 0.1) is 11.6 Å². The van der Waals surface area contributed by atoms with Gasteiger partial charge in [0.25, 0.3) is 0 Å². The Kier molecular flexibility index (Phi) is 4.26. The average molecular weight is 278 g/mol. The van der Waals surface area contributed by atoms with Gasteiger partial charge in [-0.1, -0.05) is 0 Å². The molecular weight excluding hydrogens is 264 g/mol. The van der Waals surface area contributed by atoms with Crippen LogP contribution in [0.25, 0.3) is 0 Å². The van der Waals surface area contributed by atoms with Gasteiger partial charge >= 0.3 is 0 Å². The van der Waals surface area contributed by atoms with Crippen molar-refractivity contribution < 1.29 is 22.7 Å². The van der Waals surface area contributed by atoms with Crippen molar-refractivity contribution in [3.05, 3.63) is 29.1 Å². The van der Waals surface area contributed by atoms with E-state index in [9.17, 15) is 22.7 Å². The first-order valence-electron chi connectivity index (χ1n) is 5.93. The Morgan fingerprint density at radius 3 is 2.42 bits per heavy atom. The normalized spacial score (nSPS) is 18.5. The van der Waals surface area contributed by atoms with E-state index in [0.717, 1.165) is 0 Å². The molecule has 0 aromatic heterocycles. The molecule has 1 aliphatic rings. The number of alkyl halides is 1. The van der Waals surface area contributed by atoms with Gasteiger partial charge in [0, 0.05) is 32.2 Å². The van der Waals surface area contributed by atoms with Crippen molar-refractivity contribution in [3.8, 4) is 5.75 Å². The molecule has 1 fully saturated rings. The topological polar surface area (TPSA) is 35.5 Å². The summed E-state index contributed by atoms with van der Waals surface area (Å²) >= 11 is 0. The molecule has 1 atom stereocenters. The maximum absolute atomic E-state index is 13.7. The maximum atomic E-state index is 13.7. The Balaban J connectivity index is 2.40. The Morgan fingerprint density at radius 2 is 1.84 bits per heavy atom. The highest BCUT2D eigenvalue weighted by molar-refractivity contribution is 5.37. The summed E-state index contributed by atoms with van der Waals surface area (Å²) < 4.78 is 53.1. The second-order valence-corrected chi connectivity index (χ2v) is 4.38. The molecule has 0 spiro atoms. The average Bonchev–Trinajstić information content (AvgIpc) is 2.42. The molecule has 2 rings (SSSR count). The van der Waals surface area contributed by atoms with E-state index in [1.54, 1.807) is 4.90 Å². The van der Waals surface area contributed by atoms with Crippen LogP contribution >= 0.6 is 0 Å². The van der Waals surface area contributed by atoms with E-state index < -0.39 is 41.5 Å². The summed E-state index contributed by atoms with van der Waals surface area (Å²) in [6.45, 7) is 1.06. The first-order valence-corrected chi connectivity index (χ1v) is 5.93. The molecule has 0 aliphatic carbocycles. The largest absolute Gasteiger partial charge is 0.507 e. The van der Waals surface area contributed by atoms with Crippen LogP contribution in [0.3, 0.4) is 0 Å². The number of piperazine rings is 1. The number of halogens is 4. The molecular formula is C12H14F4N2O. The first-order chi connectivity index (χ1) is 9.06. The standard InChI is InChI=1S/C12H14F4N2O/c13-6-8(18-3-1-17-2-4-18)10-9(19)5-7(14)11(15)12(10)16/h5,8,17,19H,1-4,6H2/t8-/m0/s1. The highest BCUT2D eigenvalue weighted by Crippen LogP contribution is 2.34. The second kappa shape index (κ2) is 5.75. The van der Waals surface area contributed by atoms with E-state index in [1.165, 1.54) is 0 Å².